The molecule has 0 unspecified atom stereocenters. The maximum atomic E-state index is 12.7. The Morgan fingerprint density at radius 3 is 2.64 bits per heavy atom. The first-order valence-electron chi connectivity index (χ1n) is 7.83. The summed E-state index contributed by atoms with van der Waals surface area (Å²) < 4.78 is 27.0. The van der Waals surface area contributed by atoms with Gasteiger partial charge in [0.05, 0.1) is 4.90 Å². The second kappa shape index (κ2) is 6.79. The van der Waals surface area contributed by atoms with E-state index in [1.807, 2.05) is 13.8 Å². The zero-order valence-corrected chi connectivity index (χ0v) is 14.3. The number of benzene rings is 1. The van der Waals surface area contributed by atoms with Crippen molar-refractivity contribution < 1.29 is 13.2 Å². The smallest absolute Gasteiger partial charge is 0.243 e. The zero-order chi connectivity index (χ0) is 16.3. The quantitative estimate of drug-likeness (QED) is 0.807. The Bertz CT molecular complexity index is 655. The number of carbonyl (C=O) groups excluding carboxylic acids is 1. The molecule has 1 aromatic rings. The molecule has 0 N–H and O–H groups in total. The lowest BCUT2D eigenvalue weighted by atomic mass is 10.2. The summed E-state index contributed by atoms with van der Waals surface area (Å²) in [5.74, 6) is -0.00696. The Balaban J connectivity index is 2.32. The van der Waals surface area contributed by atoms with Crippen LogP contribution in [0.25, 0.3) is 0 Å². The second-order valence-corrected chi connectivity index (χ2v) is 7.50. The lowest BCUT2D eigenvalue weighted by Crippen LogP contribution is -2.32. The molecule has 0 spiro atoms. The molecule has 6 heteroatoms. The van der Waals surface area contributed by atoms with Crippen molar-refractivity contribution >= 4 is 21.6 Å². The van der Waals surface area contributed by atoms with E-state index in [-0.39, 0.29) is 5.91 Å². The van der Waals surface area contributed by atoms with Crippen LogP contribution in [0.1, 0.15) is 39.2 Å². The Labute approximate surface area is 133 Å². The van der Waals surface area contributed by atoms with Crippen molar-refractivity contribution in [2.24, 2.45) is 0 Å². The van der Waals surface area contributed by atoms with Gasteiger partial charge in [-0.15, -0.1) is 0 Å². The molecule has 0 saturated carbocycles. The molecule has 0 aliphatic carbocycles. The van der Waals surface area contributed by atoms with Crippen molar-refractivity contribution in [1.82, 2.24) is 4.31 Å². The van der Waals surface area contributed by atoms with Crippen LogP contribution in [0.4, 0.5) is 5.69 Å². The highest BCUT2D eigenvalue weighted by atomic mass is 32.2. The van der Waals surface area contributed by atoms with Gasteiger partial charge < -0.3 is 4.90 Å². The largest absolute Gasteiger partial charge is 0.312 e. The molecule has 1 aliphatic heterocycles. The molecule has 122 valence electrons. The third-order valence-electron chi connectivity index (χ3n) is 4.08. The number of carbonyl (C=O) groups is 1. The van der Waals surface area contributed by atoms with Gasteiger partial charge in [0.25, 0.3) is 0 Å². The van der Waals surface area contributed by atoms with Crippen LogP contribution in [-0.4, -0.2) is 38.3 Å². The minimum atomic E-state index is -3.45. The van der Waals surface area contributed by atoms with Gasteiger partial charge in [0.2, 0.25) is 15.9 Å². The van der Waals surface area contributed by atoms with Crippen molar-refractivity contribution in [3.05, 3.63) is 23.8 Å². The number of rotatable bonds is 6. The molecular weight excluding hydrogens is 300 g/mol. The molecule has 0 fully saturated rings. The van der Waals surface area contributed by atoms with Crippen LogP contribution in [-0.2, 0) is 21.2 Å². The average molecular weight is 324 g/mol. The SMILES string of the molecule is CCCCN(CC)S(=O)(=O)c1ccc2c(c1)CCN2C(C)=O. The standard InChI is InChI=1S/C16H24N2O3S/c1-4-6-10-17(5-2)22(20,21)15-7-8-16-14(12-15)9-11-18(16)13(3)19/h7-8,12H,4-6,9-11H2,1-3H3. The van der Waals surface area contributed by atoms with E-state index in [0.717, 1.165) is 24.1 Å². The molecule has 0 radical (unpaired) electrons. The average Bonchev–Trinajstić information content (AvgIpc) is 2.91. The van der Waals surface area contributed by atoms with Crippen molar-refractivity contribution in [2.75, 3.05) is 24.5 Å². The maximum absolute atomic E-state index is 12.7. The third-order valence-corrected chi connectivity index (χ3v) is 6.05. The summed E-state index contributed by atoms with van der Waals surface area (Å²) in [6.07, 6.45) is 2.53. The van der Waals surface area contributed by atoms with Crippen molar-refractivity contribution in [1.29, 1.82) is 0 Å². The van der Waals surface area contributed by atoms with Crippen LogP contribution in [0.3, 0.4) is 0 Å². The van der Waals surface area contributed by atoms with Gasteiger partial charge in [-0.3, -0.25) is 4.79 Å². The predicted molar refractivity (Wildman–Crippen MR) is 87.5 cm³/mol. The fraction of sp³-hybridized carbons (Fsp3) is 0.562. The Kier molecular flexibility index (Phi) is 5.24. The minimum absolute atomic E-state index is 0.00696. The van der Waals surface area contributed by atoms with Crippen LogP contribution in [0.2, 0.25) is 0 Å². The molecule has 1 heterocycles. The molecule has 2 rings (SSSR count). The number of hydrogen-bond donors (Lipinski definition) is 0. The van der Waals surface area contributed by atoms with E-state index in [2.05, 4.69) is 0 Å². The third kappa shape index (κ3) is 3.17. The number of sulfonamides is 1. The van der Waals surface area contributed by atoms with Gasteiger partial charge in [-0.1, -0.05) is 20.3 Å². The van der Waals surface area contributed by atoms with Gasteiger partial charge in [0.1, 0.15) is 0 Å². The Morgan fingerprint density at radius 1 is 1.32 bits per heavy atom. The number of hydrogen-bond acceptors (Lipinski definition) is 3. The molecule has 5 nitrogen and oxygen atoms in total. The number of unbranched alkanes of at least 4 members (excludes halogenated alkanes) is 1. The van der Waals surface area contributed by atoms with E-state index in [0.29, 0.717) is 31.0 Å². The van der Waals surface area contributed by atoms with Crippen LogP contribution in [0.5, 0.6) is 0 Å². The van der Waals surface area contributed by atoms with Crippen molar-refractivity contribution in [2.45, 2.75) is 44.9 Å². The van der Waals surface area contributed by atoms with E-state index < -0.39 is 10.0 Å². The van der Waals surface area contributed by atoms with Crippen molar-refractivity contribution in [3.8, 4) is 0 Å². The molecule has 0 bridgehead atoms. The first-order valence-corrected chi connectivity index (χ1v) is 9.27. The van der Waals surface area contributed by atoms with Crippen LogP contribution >= 0.6 is 0 Å². The lowest BCUT2D eigenvalue weighted by Gasteiger charge is -2.21. The summed E-state index contributed by atoms with van der Waals surface area (Å²) in [4.78, 5) is 13.6. The van der Waals surface area contributed by atoms with Gasteiger partial charge in [-0.25, -0.2) is 8.42 Å². The van der Waals surface area contributed by atoms with Crippen LogP contribution in [0, 0.1) is 0 Å². The molecule has 1 amide bonds. The second-order valence-electron chi connectivity index (χ2n) is 5.56. The summed E-state index contributed by atoms with van der Waals surface area (Å²) in [5.41, 5.74) is 1.77. The fourth-order valence-electron chi connectivity index (χ4n) is 2.80. The van der Waals surface area contributed by atoms with Gasteiger partial charge in [0, 0.05) is 32.2 Å². The highest BCUT2D eigenvalue weighted by molar-refractivity contribution is 7.89. The molecule has 1 aliphatic rings. The number of anilines is 1. The highest BCUT2D eigenvalue weighted by Gasteiger charge is 2.27. The lowest BCUT2D eigenvalue weighted by molar-refractivity contribution is -0.116. The molecule has 1 aromatic carbocycles. The van der Waals surface area contributed by atoms with Gasteiger partial charge >= 0.3 is 0 Å². The first-order chi connectivity index (χ1) is 10.4. The molecule has 0 aromatic heterocycles. The number of fused-ring (bicyclic) bond motifs is 1. The van der Waals surface area contributed by atoms with E-state index >= 15 is 0 Å². The summed E-state index contributed by atoms with van der Waals surface area (Å²) in [6, 6.07) is 5.09. The van der Waals surface area contributed by atoms with E-state index in [4.69, 9.17) is 0 Å². The highest BCUT2D eigenvalue weighted by Crippen LogP contribution is 2.31. The summed E-state index contributed by atoms with van der Waals surface area (Å²) >= 11 is 0. The van der Waals surface area contributed by atoms with Crippen LogP contribution < -0.4 is 4.90 Å². The van der Waals surface area contributed by atoms with E-state index in [9.17, 15) is 13.2 Å². The van der Waals surface area contributed by atoms with Crippen LogP contribution in [0.15, 0.2) is 23.1 Å². The number of amides is 1. The number of nitrogens with zero attached hydrogens (tertiary/aromatic N) is 2. The monoisotopic (exact) mass is 324 g/mol. The zero-order valence-electron chi connectivity index (χ0n) is 13.5. The Morgan fingerprint density at radius 2 is 2.05 bits per heavy atom. The normalized spacial score (nSPS) is 14.5. The summed E-state index contributed by atoms with van der Waals surface area (Å²) in [7, 11) is -3.45. The molecular formula is C16H24N2O3S. The Hall–Kier alpha value is -1.40. The summed E-state index contributed by atoms with van der Waals surface area (Å²) in [5, 5.41) is 0. The molecule has 0 atom stereocenters. The molecule has 0 saturated heterocycles. The van der Waals surface area contributed by atoms with Gasteiger partial charge in [0.15, 0.2) is 0 Å². The topological polar surface area (TPSA) is 57.7 Å². The van der Waals surface area contributed by atoms with Gasteiger partial charge in [-0.2, -0.15) is 4.31 Å². The van der Waals surface area contributed by atoms with Crippen molar-refractivity contribution in [3.63, 3.8) is 0 Å². The van der Waals surface area contributed by atoms with E-state index in [1.165, 1.54) is 11.2 Å². The minimum Gasteiger partial charge on any atom is -0.312 e. The van der Waals surface area contributed by atoms with E-state index in [1.54, 1.807) is 23.1 Å². The maximum Gasteiger partial charge on any atom is 0.243 e. The predicted octanol–water partition coefficient (Wildman–Crippen LogP) is 2.41. The molecule has 22 heavy (non-hydrogen) atoms. The fourth-order valence-corrected chi connectivity index (χ4v) is 4.34. The first kappa shape index (κ1) is 17.0. The van der Waals surface area contributed by atoms with Gasteiger partial charge in [-0.05, 0) is 36.6 Å². The summed E-state index contributed by atoms with van der Waals surface area (Å²) in [6.45, 7) is 7.08.